The smallest absolute Gasteiger partial charge is 0.227 e. The zero-order chi connectivity index (χ0) is 16.9. The van der Waals surface area contributed by atoms with Crippen molar-refractivity contribution in [2.45, 2.75) is 19.9 Å². The molecule has 24 heavy (non-hydrogen) atoms. The van der Waals surface area contributed by atoms with E-state index in [9.17, 15) is 4.79 Å². The highest BCUT2D eigenvalue weighted by Crippen LogP contribution is 2.15. The first-order chi connectivity index (χ1) is 11.6. The van der Waals surface area contributed by atoms with Gasteiger partial charge in [-0.15, -0.1) is 11.3 Å². The van der Waals surface area contributed by atoms with E-state index in [1.807, 2.05) is 36.1 Å². The van der Waals surface area contributed by atoms with Crippen LogP contribution in [-0.4, -0.2) is 54.0 Å². The fourth-order valence-corrected chi connectivity index (χ4v) is 3.54. The Kier molecular flexibility index (Phi) is 5.48. The number of aryl methyl sites for hydroxylation is 1. The summed E-state index contributed by atoms with van der Waals surface area (Å²) in [6.45, 7) is 6.28. The van der Waals surface area contributed by atoms with E-state index in [1.54, 1.807) is 18.4 Å². The van der Waals surface area contributed by atoms with E-state index in [-0.39, 0.29) is 5.91 Å². The number of hydrogen-bond donors (Lipinski definition) is 0. The zero-order valence-corrected chi connectivity index (χ0v) is 15.0. The molecule has 1 aliphatic heterocycles. The summed E-state index contributed by atoms with van der Waals surface area (Å²) in [6, 6.07) is 7.72. The van der Waals surface area contributed by atoms with Gasteiger partial charge in [0.2, 0.25) is 5.91 Å². The summed E-state index contributed by atoms with van der Waals surface area (Å²) in [5.41, 5.74) is 2.13. The standard InChI is InChI=1S/C18H23N3O2S/c1-14-19-16(13-24-14)12-20-6-8-21(9-7-20)18(22)11-15-4-3-5-17(10-15)23-2/h3-5,10,13H,6-9,11-12H2,1-2H3. The molecule has 1 fully saturated rings. The van der Waals surface area contributed by atoms with Gasteiger partial charge in [-0.05, 0) is 24.6 Å². The molecule has 0 bridgehead atoms. The quantitative estimate of drug-likeness (QED) is 0.834. The van der Waals surface area contributed by atoms with E-state index in [0.29, 0.717) is 6.42 Å². The van der Waals surface area contributed by atoms with E-state index in [0.717, 1.165) is 54.7 Å². The molecule has 0 spiro atoms. The summed E-state index contributed by atoms with van der Waals surface area (Å²) >= 11 is 1.69. The molecule has 1 aromatic heterocycles. The first kappa shape index (κ1) is 16.9. The fraction of sp³-hybridized carbons (Fsp3) is 0.444. The van der Waals surface area contributed by atoms with E-state index in [1.165, 1.54) is 0 Å². The van der Waals surface area contributed by atoms with Gasteiger partial charge in [0.25, 0.3) is 0 Å². The number of piperazine rings is 1. The molecule has 5 nitrogen and oxygen atoms in total. The number of thiazole rings is 1. The van der Waals surface area contributed by atoms with Crippen LogP contribution in [0.2, 0.25) is 0 Å². The Hall–Kier alpha value is -1.92. The largest absolute Gasteiger partial charge is 0.497 e. The lowest BCUT2D eigenvalue weighted by molar-refractivity contribution is -0.132. The van der Waals surface area contributed by atoms with Crippen LogP contribution in [0.15, 0.2) is 29.6 Å². The first-order valence-corrected chi connectivity index (χ1v) is 9.06. The molecule has 1 aliphatic rings. The lowest BCUT2D eigenvalue weighted by Crippen LogP contribution is -2.48. The third-order valence-corrected chi connectivity index (χ3v) is 5.09. The molecule has 0 radical (unpaired) electrons. The van der Waals surface area contributed by atoms with E-state index in [4.69, 9.17) is 4.74 Å². The lowest BCUT2D eigenvalue weighted by Gasteiger charge is -2.34. The average molecular weight is 345 g/mol. The van der Waals surface area contributed by atoms with Gasteiger partial charge in [-0.2, -0.15) is 0 Å². The third kappa shape index (κ3) is 4.33. The maximum Gasteiger partial charge on any atom is 0.227 e. The minimum atomic E-state index is 0.187. The summed E-state index contributed by atoms with van der Waals surface area (Å²) in [5.74, 6) is 0.982. The molecular weight excluding hydrogens is 322 g/mol. The van der Waals surface area contributed by atoms with Crippen molar-refractivity contribution in [1.82, 2.24) is 14.8 Å². The Morgan fingerprint density at radius 3 is 2.75 bits per heavy atom. The summed E-state index contributed by atoms with van der Waals surface area (Å²) in [7, 11) is 1.64. The second-order valence-electron chi connectivity index (χ2n) is 6.04. The van der Waals surface area contributed by atoms with E-state index < -0.39 is 0 Å². The molecule has 1 aromatic carbocycles. The molecule has 2 heterocycles. The molecule has 1 amide bonds. The summed E-state index contributed by atoms with van der Waals surface area (Å²) in [5, 5.41) is 3.23. The van der Waals surface area contributed by atoms with Crippen molar-refractivity contribution in [1.29, 1.82) is 0 Å². The van der Waals surface area contributed by atoms with Crippen molar-refractivity contribution in [3.63, 3.8) is 0 Å². The second kappa shape index (κ2) is 7.77. The molecular formula is C18H23N3O2S. The van der Waals surface area contributed by atoms with Crippen LogP contribution in [0.3, 0.4) is 0 Å². The van der Waals surface area contributed by atoms with Gasteiger partial charge in [0.15, 0.2) is 0 Å². The van der Waals surface area contributed by atoms with Gasteiger partial charge in [-0.3, -0.25) is 9.69 Å². The van der Waals surface area contributed by atoms with Crippen LogP contribution in [0.5, 0.6) is 5.75 Å². The Bertz CT molecular complexity index is 693. The van der Waals surface area contributed by atoms with Gasteiger partial charge in [0.05, 0.1) is 24.2 Å². The fourth-order valence-electron chi connectivity index (χ4n) is 2.93. The Labute approximate surface area is 146 Å². The molecule has 0 unspecified atom stereocenters. The Balaban J connectivity index is 1.49. The van der Waals surface area contributed by atoms with Gasteiger partial charge in [-0.25, -0.2) is 4.98 Å². The highest BCUT2D eigenvalue weighted by molar-refractivity contribution is 7.09. The van der Waals surface area contributed by atoms with Crippen LogP contribution >= 0.6 is 11.3 Å². The van der Waals surface area contributed by atoms with Crippen LogP contribution in [0.4, 0.5) is 0 Å². The van der Waals surface area contributed by atoms with Crippen LogP contribution in [0.1, 0.15) is 16.3 Å². The first-order valence-electron chi connectivity index (χ1n) is 8.18. The molecule has 3 rings (SSSR count). The minimum absolute atomic E-state index is 0.187. The number of nitrogens with zero attached hydrogens (tertiary/aromatic N) is 3. The van der Waals surface area contributed by atoms with Gasteiger partial charge in [-0.1, -0.05) is 12.1 Å². The number of hydrogen-bond acceptors (Lipinski definition) is 5. The summed E-state index contributed by atoms with van der Waals surface area (Å²) in [4.78, 5) is 21.3. The number of benzene rings is 1. The minimum Gasteiger partial charge on any atom is -0.497 e. The van der Waals surface area contributed by atoms with Crippen molar-refractivity contribution in [2.24, 2.45) is 0 Å². The monoisotopic (exact) mass is 345 g/mol. The molecule has 0 atom stereocenters. The van der Waals surface area contributed by atoms with E-state index >= 15 is 0 Å². The average Bonchev–Trinajstić information content (AvgIpc) is 3.00. The molecule has 128 valence electrons. The number of aromatic nitrogens is 1. The van der Waals surface area contributed by atoms with Gasteiger partial charge in [0.1, 0.15) is 5.75 Å². The van der Waals surface area contributed by atoms with Crippen molar-refractivity contribution < 1.29 is 9.53 Å². The Morgan fingerprint density at radius 2 is 2.08 bits per heavy atom. The molecule has 1 saturated heterocycles. The number of carbonyl (C=O) groups excluding carboxylic acids is 1. The van der Waals surface area contributed by atoms with Gasteiger partial charge < -0.3 is 9.64 Å². The van der Waals surface area contributed by atoms with Crippen molar-refractivity contribution in [2.75, 3.05) is 33.3 Å². The molecule has 6 heteroatoms. The van der Waals surface area contributed by atoms with Gasteiger partial charge >= 0.3 is 0 Å². The molecule has 0 saturated carbocycles. The van der Waals surface area contributed by atoms with Crippen LogP contribution in [-0.2, 0) is 17.8 Å². The molecule has 0 aliphatic carbocycles. The number of carbonyl (C=O) groups is 1. The van der Waals surface area contributed by atoms with Crippen LogP contribution < -0.4 is 4.74 Å². The van der Waals surface area contributed by atoms with Crippen molar-refractivity contribution >= 4 is 17.2 Å². The topological polar surface area (TPSA) is 45.7 Å². The molecule has 2 aromatic rings. The summed E-state index contributed by atoms with van der Waals surface area (Å²) < 4.78 is 5.22. The number of rotatable bonds is 5. The van der Waals surface area contributed by atoms with Crippen molar-refractivity contribution in [3.05, 3.63) is 45.9 Å². The van der Waals surface area contributed by atoms with E-state index in [2.05, 4.69) is 15.3 Å². The van der Waals surface area contributed by atoms with Gasteiger partial charge in [0, 0.05) is 38.1 Å². The van der Waals surface area contributed by atoms with Crippen LogP contribution in [0.25, 0.3) is 0 Å². The molecule has 0 N–H and O–H groups in total. The zero-order valence-electron chi connectivity index (χ0n) is 14.2. The van der Waals surface area contributed by atoms with Crippen molar-refractivity contribution in [3.8, 4) is 5.75 Å². The second-order valence-corrected chi connectivity index (χ2v) is 7.11. The number of amides is 1. The SMILES string of the molecule is COc1cccc(CC(=O)N2CCN(Cc3csc(C)n3)CC2)c1. The number of ether oxygens (including phenoxy) is 1. The predicted octanol–water partition coefficient (Wildman–Crippen LogP) is 2.35. The maximum atomic E-state index is 12.5. The highest BCUT2D eigenvalue weighted by Gasteiger charge is 2.21. The number of methoxy groups -OCH3 is 1. The predicted molar refractivity (Wildman–Crippen MR) is 95.4 cm³/mol. The highest BCUT2D eigenvalue weighted by atomic mass is 32.1. The van der Waals surface area contributed by atoms with Crippen LogP contribution in [0, 0.1) is 6.92 Å². The maximum absolute atomic E-state index is 12.5. The third-order valence-electron chi connectivity index (χ3n) is 4.27. The Morgan fingerprint density at radius 1 is 1.29 bits per heavy atom. The lowest BCUT2D eigenvalue weighted by atomic mass is 10.1. The normalized spacial score (nSPS) is 15.5. The summed E-state index contributed by atoms with van der Waals surface area (Å²) in [6.07, 6.45) is 0.433.